The maximum absolute atomic E-state index is 11.9. The molecule has 0 rings (SSSR count). The molecule has 0 atom stereocenters. The van der Waals surface area contributed by atoms with E-state index in [2.05, 4.69) is 33.0 Å². The van der Waals surface area contributed by atoms with E-state index in [4.69, 9.17) is 19.3 Å². The van der Waals surface area contributed by atoms with Crippen LogP contribution in [0.4, 0.5) is 0 Å². The monoisotopic (exact) mass is 209 g/mol. The van der Waals surface area contributed by atoms with Crippen LogP contribution in [-0.2, 0) is 4.57 Å². The van der Waals surface area contributed by atoms with Crippen LogP contribution in [0, 0.1) is 37.0 Å². The summed E-state index contributed by atoms with van der Waals surface area (Å²) in [5.74, 6) is 6.93. The van der Waals surface area contributed by atoms with Crippen molar-refractivity contribution < 1.29 is 4.57 Å². The van der Waals surface area contributed by atoms with Gasteiger partial charge in [-0.15, -0.1) is 19.3 Å². The molecular weight excluding hydrogens is 197 g/mol. The van der Waals surface area contributed by atoms with Gasteiger partial charge in [-0.2, -0.15) is 0 Å². The first-order chi connectivity index (χ1) is 6.68. The van der Waals surface area contributed by atoms with Crippen molar-refractivity contribution >= 4 is 7.59 Å². The van der Waals surface area contributed by atoms with Crippen molar-refractivity contribution in [3.8, 4) is 37.0 Å². The molecule has 0 amide bonds. The highest BCUT2D eigenvalue weighted by Gasteiger charge is 2.17. The van der Waals surface area contributed by atoms with Crippen molar-refractivity contribution in [1.82, 2.24) is 15.3 Å². The van der Waals surface area contributed by atoms with Gasteiger partial charge in [-0.3, -0.25) is 4.57 Å². The number of hydrogen-bond donors (Lipinski definition) is 3. The van der Waals surface area contributed by atoms with Crippen LogP contribution in [0.2, 0.25) is 0 Å². The van der Waals surface area contributed by atoms with Crippen molar-refractivity contribution in [3.05, 3.63) is 0 Å². The normalized spacial score (nSPS) is 9.79. The molecule has 74 valence electrons. The summed E-state index contributed by atoms with van der Waals surface area (Å²) in [6.07, 6.45) is 15.1. The third kappa shape index (κ3) is 5.44. The molecule has 5 heteroatoms. The van der Waals surface area contributed by atoms with Gasteiger partial charge in [0, 0.05) is 0 Å². The Morgan fingerprint density at radius 2 is 1.14 bits per heavy atom. The summed E-state index contributed by atoms with van der Waals surface area (Å²) >= 11 is 0. The summed E-state index contributed by atoms with van der Waals surface area (Å²) in [4.78, 5) is 0. The summed E-state index contributed by atoms with van der Waals surface area (Å²) in [6.45, 7) is 0.519. The summed E-state index contributed by atoms with van der Waals surface area (Å²) < 4.78 is 11.9. The van der Waals surface area contributed by atoms with Crippen molar-refractivity contribution in [3.63, 3.8) is 0 Å². The van der Waals surface area contributed by atoms with Gasteiger partial charge in [-0.05, 0) is 0 Å². The van der Waals surface area contributed by atoms with E-state index in [0.29, 0.717) is 0 Å². The molecule has 0 saturated heterocycles. The molecule has 0 spiro atoms. The van der Waals surface area contributed by atoms with Gasteiger partial charge in [-0.1, -0.05) is 17.8 Å². The summed E-state index contributed by atoms with van der Waals surface area (Å²) in [5.41, 5.74) is 0. The maximum atomic E-state index is 11.9. The smallest absolute Gasteiger partial charge is 0.271 e. The largest absolute Gasteiger partial charge is 0.281 e. The van der Waals surface area contributed by atoms with Gasteiger partial charge in [0.15, 0.2) is 0 Å². The second-order valence-corrected chi connectivity index (χ2v) is 4.39. The van der Waals surface area contributed by atoms with Crippen molar-refractivity contribution in [2.45, 2.75) is 0 Å². The second kappa shape index (κ2) is 7.22. The Balaban J connectivity index is 4.22. The Kier molecular flexibility index (Phi) is 6.59. The minimum absolute atomic E-state index is 0.173. The minimum atomic E-state index is -2.95. The van der Waals surface area contributed by atoms with Gasteiger partial charge in [-0.25, -0.2) is 15.3 Å². The van der Waals surface area contributed by atoms with E-state index in [9.17, 15) is 4.57 Å². The fraction of sp³-hybridized carbons (Fsp3) is 0.333. The van der Waals surface area contributed by atoms with Crippen LogP contribution in [0.3, 0.4) is 0 Å². The van der Waals surface area contributed by atoms with Gasteiger partial charge < -0.3 is 0 Å². The lowest BCUT2D eigenvalue weighted by atomic mass is 10.7. The van der Waals surface area contributed by atoms with E-state index in [1.165, 1.54) is 0 Å². The molecule has 0 radical (unpaired) electrons. The molecule has 0 aromatic heterocycles. The van der Waals surface area contributed by atoms with Gasteiger partial charge in [0.05, 0.1) is 19.6 Å². The Hall–Kier alpha value is -1.21. The first-order valence-electron chi connectivity index (χ1n) is 3.84. The molecule has 0 fully saturated rings. The molecule has 0 aliphatic heterocycles. The van der Waals surface area contributed by atoms with E-state index < -0.39 is 7.59 Å². The molecule has 0 aliphatic carbocycles. The SMILES string of the molecule is C#CCNP(=O)(NCC#C)NCC#C. The first kappa shape index (κ1) is 12.8. The predicted molar refractivity (Wildman–Crippen MR) is 58.1 cm³/mol. The minimum Gasteiger partial charge on any atom is -0.271 e. The van der Waals surface area contributed by atoms with Crippen LogP contribution in [0.25, 0.3) is 0 Å². The Bertz CT molecular complexity index is 279. The molecule has 0 saturated carbocycles. The zero-order chi connectivity index (χ0) is 10.9. The number of hydrogen-bond acceptors (Lipinski definition) is 1. The fourth-order valence-electron chi connectivity index (χ4n) is 0.639. The van der Waals surface area contributed by atoms with Gasteiger partial charge in [0.2, 0.25) is 0 Å². The molecular formula is C9H12N3OP. The lowest BCUT2D eigenvalue weighted by Gasteiger charge is -2.18. The second-order valence-electron chi connectivity index (χ2n) is 2.23. The molecule has 0 bridgehead atoms. The Morgan fingerprint density at radius 1 is 0.857 bits per heavy atom. The van der Waals surface area contributed by atoms with Crippen molar-refractivity contribution in [2.75, 3.05) is 19.6 Å². The van der Waals surface area contributed by atoms with Crippen LogP contribution < -0.4 is 15.3 Å². The number of nitrogens with one attached hydrogen (secondary N) is 3. The average molecular weight is 209 g/mol. The van der Waals surface area contributed by atoms with E-state index >= 15 is 0 Å². The highest BCUT2D eigenvalue weighted by molar-refractivity contribution is 7.57. The van der Waals surface area contributed by atoms with Crippen LogP contribution in [-0.4, -0.2) is 19.6 Å². The van der Waals surface area contributed by atoms with Crippen LogP contribution in [0.1, 0.15) is 0 Å². The average Bonchev–Trinajstić information content (AvgIpc) is 2.21. The van der Waals surface area contributed by atoms with Crippen molar-refractivity contribution in [2.24, 2.45) is 0 Å². The first-order valence-corrected chi connectivity index (χ1v) is 5.55. The third-order valence-electron chi connectivity index (χ3n) is 1.21. The van der Waals surface area contributed by atoms with Gasteiger partial charge in [0.1, 0.15) is 0 Å². The lowest BCUT2D eigenvalue weighted by molar-refractivity contribution is 0.550. The fourth-order valence-corrected chi connectivity index (χ4v) is 1.92. The standard InChI is InChI=1S/C9H12N3OP/c1-4-7-10-14(13,11-8-5-2)12-9-6-3/h1-3H,7-9H2,(H3,10,11,12,13). The zero-order valence-electron chi connectivity index (χ0n) is 7.71. The number of rotatable bonds is 6. The molecule has 0 unspecified atom stereocenters. The van der Waals surface area contributed by atoms with Crippen LogP contribution in [0.5, 0.6) is 0 Å². The van der Waals surface area contributed by atoms with E-state index in [1.54, 1.807) is 0 Å². The Morgan fingerprint density at radius 3 is 1.36 bits per heavy atom. The molecule has 0 aliphatic rings. The molecule has 4 nitrogen and oxygen atoms in total. The molecule has 0 heterocycles. The van der Waals surface area contributed by atoms with Gasteiger partial charge >= 0.3 is 0 Å². The summed E-state index contributed by atoms with van der Waals surface area (Å²) in [7, 11) is -2.95. The maximum Gasteiger partial charge on any atom is 0.281 e. The highest BCUT2D eigenvalue weighted by atomic mass is 31.2. The molecule has 0 aromatic rings. The van der Waals surface area contributed by atoms with Crippen LogP contribution in [0.15, 0.2) is 0 Å². The van der Waals surface area contributed by atoms with Crippen molar-refractivity contribution in [1.29, 1.82) is 0 Å². The third-order valence-corrected chi connectivity index (χ3v) is 3.02. The lowest BCUT2D eigenvalue weighted by Crippen LogP contribution is -2.32. The topological polar surface area (TPSA) is 53.2 Å². The zero-order valence-corrected chi connectivity index (χ0v) is 8.60. The number of terminal acetylenes is 3. The molecule has 0 aromatic carbocycles. The summed E-state index contributed by atoms with van der Waals surface area (Å²) in [6, 6.07) is 0. The van der Waals surface area contributed by atoms with Gasteiger partial charge in [0.25, 0.3) is 7.59 Å². The van der Waals surface area contributed by atoms with E-state index in [-0.39, 0.29) is 19.6 Å². The summed E-state index contributed by atoms with van der Waals surface area (Å²) in [5, 5.41) is 7.86. The highest BCUT2D eigenvalue weighted by Crippen LogP contribution is 2.28. The van der Waals surface area contributed by atoms with Crippen LogP contribution >= 0.6 is 7.59 Å². The van der Waals surface area contributed by atoms with E-state index in [0.717, 1.165) is 0 Å². The quantitative estimate of drug-likeness (QED) is 0.417. The molecule has 14 heavy (non-hydrogen) atoms. The predicted octanol–water partition coefficient (Wildman–Crippen LogP) is -0.237. The Labute approximate surface area is 84.8 Å². The molecule has 3 N–H and O–H groups in total. The van der Waals surface area contributed by atoms with E-state index in [1.807, 2.05) is 0 Å².